The molecular formula is C20H18N2O2S. The zero-order valence-corrected chi connectivity index (χ0v) is 14.9. The van der Waals surface area contributed by atoms with E-state index in [0.29, 0.717) is 6.54 Å². The highest BCUT2D eigenvalue weighted by Gasteiger charge is 2.12. The number of thiazole rings is 1. The van der Waals surface area contributed by atoms with Crippen molar-refractivity contribution < 1.29 is 8.83 Å². The van der Waals surface area contributed by atoms with Gasteiger partial charge in [0, 0.05) is 5.38 Å². The van der Waals surface area contributed by atoms with Crippen LogP contribution in [0.15, 0.2) is 74.2 Å². The van der Waals surface area contributed by atoms with Crippen molar-refractivity contribution in [3.05, 3.63) is 82.1 Å². The van der Waals surface area contributed by atoms with E-state index in [-0.39, 0.29) is 0 Å². The summed E-state index contributed by atoms with van der Waals surface area (Å²) in [4.78, 5) is 5.82. The average molecular weight is 350 g/mol. The molecule has 0 saturated heterocycles. The van der Waals surface area contributed by atoms with Gasteiger partial charge in [-0.3, -0.25) is 0 Å². The molecule has 4 aromatic rings. The van der Waals surface area contributed by atoms with Crippen LogP contribution in [0.3, 0.4) is 0 Å². The third-order valence-electron chi connectivity index (χ3n) is 4.05. The summed E-state index contributed by atoms with van der Waals surface area (Å²) in [5.41, 5.74) is 4.34. The van der Waals surface area contributed by atoms with Gasteiger partial charge in [-0.2, -0.15) is 0 Å². The number of nitrogens with zero attached hydrogens (tertiary/aromatic N) is 2. The molecule has 0 N–H and O–H groups in total. The van der Waals surface area contributed by atoms with Crippen molar-refractivity contribution in [1.29, 1.82) is 0 Å². The second kappa shape index (κ2) is 6.61. The van der Waals surface area contributed by atoms with Crippen LogP contribution in [0.25, 0.3) is 11.5 Å². The Balaban J connectivity index is 1.87. The largest absolute Gasteiger partial charge is 0.467 e. The van der Waals surface area contributed by atoms with E-state index in [4.69, 9.17) is 13.8 Å². The van der Waals surface area contributed by atoms with E-state index in [1.165, 1.54) is 5.56 Å². The van der Waals surface area contributed by atoms with Crippen LogP contribution in [0.4, 0.5) is 5.69 Å². The Labute approximate surface area is 149 Å². The van der Waals surface area contributed by atoms with Gasteiger partial charge < -0.3 is 13.4 Å². The molecule has 3 aromatic heterocycles. The monoisotopic (exact) mass is 350 g/mol. The van der Waals surface area contributed by atoms with Crippen LogP contribution in [-0.2, 0) is 6.54 Å². The lowest BCUT2D eigenvalue weighted by Gasteiger charge is -2.06. The molecule has 0 fully saturated rings. The van der Waals surface area contributed by atoms with E-state index in [2.05, 4.69) is 42.0 Å². The van der Waals surface area contributed by atoms with Crippen LogP contribution in [0, 0.1) is 13.8 Å². The summed E-state index contributed by atoms with van der Waals surface area (Å²) in [6, 6.07) is 14.0. The number of aryl methyl sites for hydroxylation is 2. The van der Waals surface area contributed by atoms with Crippen LogP contribution in [0.5, 0.6) is 0 Å². The van der Waals surface area contributed by atoms with Crippen LogP contribution in [0.2, 0.25) is 0 Å². The second-order valence-electron chi connectivity index (χ2n) is 5.95. The molecule has 0 saturated carbocycles. The summed E-state index contributed by atoms with van der Waals surface area (Å²) in [6.45, 7) is 4.77. The van der Waals surface area contributed by atoms with Gasteiger partial charge in [0.1, 0.15) is 5.76 Å². The number of benzene rings is 1. The van der Waals surface area contributed by atoms with Crippen molar-refractivity contribution in [3.8, 4) is 11.5 Å². The van der Waals surface area contributed by atoms with Crippen molar-refractivity contribution in [2.45, 2.75) is 20.4 Å². The van der Waals surface area contributed by atoms with E-state index in [9.17, 15) is 0 Å². The molecule has 0 radical (unpaired) electrons. The molecule has 0 amide bonds. The highest BCUT2D eigenvalue weighted by Crippen LogP contribution is 2.24. The Hall–Kier alpha value is -2.79. The van der Waals surface area contributed by atoms with Crippen molar-refractivity contribution in [2.75, 3.05) is 0 Å². The zero-order chi connectivity index (χ0) is 17.2. The lowest BCUT2D eigenvalue weighted by Crippen LogP contribution is -2.16. The van der Waals surface area contributed by atoms with Gasteiger partial charge in [-0.25, -0.2) is 4.99 Å². The molecule has 4 rings (SSSR count). The summed E-state index contributed by atoms with van der Waals surface area (Å²) in [6.07, 6.45) is 3.38. The molecule has 0 atom stereocenters. The first-order valence-corrected chi connectivity index (χ1v) is 8.95. The zero-order valence-electron chi connectivity index (χ0n) is 14.1. The summed E-state index contributed by atoms with van der Waals surface area (Å²) in [5.74, 6) is 1.71. The molecule has 0 spiro atoms. The lowest BCUT2D eigenvalue weighted by molar-refractivity contribution is 0.489. The summed E-state index contributed by atoms with van der Waals surface area (Å²) in [5, 5.41) is 2.08. The fraction of sp³-hybridized carbons (Fsp3) is 0.150. The number of furan rings is 2. The minimum atomic E-state index is 0.607. The van der Waals surface area contributed by atoms with Crippen molar-refractivity contribution in [2.24, 2.45) is 4.99 Å². The smallest absolute Gasteiger partial charge is 0.190 e. The Morgan fingerprint density at radius 3 is 2.64 bits per heavy atom. The van der Waals surface area contributed by atoms with E-state index < -0.39 is 0 Å². The molecule has 1 aromatic carbocycles. The third kappa shape index (κ3) is 3.23. The molecule has 0 aliphatic rings. The lowest BCUT2D eigenvalue weighted by atomic mass is 10.1. The van der Waals surface area contributed by atoms with Gasteiger partial charge in [0.2, 0.25) is 0 Å². The molecule has 0 aliphatic heterocycles. The summed E-state index contributed by atoms with van der Waals surface area (Å²) < 4.78 is 13.3. The average Bonchev–Trinajstić information content (AvgIpc) is 3.34. The predicted molar refractivity (Wildman–Crippen MR) is 99.0 cm³/mol. The minimum Gasteiger partial charge on any atom is -0.467 e. The van der Waals surface area contributed by atoms with Crippen molar-refractivity contribution in [1.82, 2.24) is 4.57 Å². The maximum atomic E-state index is 5.60. The number of rotatable bonds is 4. The van der Waals surface area contributed by atoms with Gasteiger partial charge in [0.25, 0.3) is 0 Å². The highest BCUT2D eigenvalue weighted by atomic mass is 32.1. The first-order chi connectivity index (χ1) is 12.2. The molecule has 25 heavy (non-hydrogen) atoms. The van der Waals surface area contributed by atoms with E-state index in [0.717, 1.165) is 33.3 Å². The van der Waals surface area contributed by atoms with Crippen LogP contribution >= 0.6 is 11.3 Å². The van der Waals surface area contributed by atoms with Crippen molar-refractivity contribution in [3.63, 3.8) is 0 Å². The highest BCUT2D eigenvalue weighted by molar-refractivity contribution is 7.07. The minimum absolute atomic E-state index is 0.607. The van der Waals surface area contributed by atoms with Crippen molar-refractivity contribution >= 4 is 17.0 Å². The van der Waals surface area contributed by atoms with Crippen LogP contribution < -0.4 is 4.80 Å². The molecule has 0 aliphatic carbocycles. The van der Waals surface area contributed by atoms with Gasteiger partial charge in [-0.15, -0.1) is 11.3 Å². The molecule has 4 nitrogen and oxygen atoms in total. The molecule has 0 unspecified atom stereocenters. The van der Waals surface area contributed by atoms with Gasteiger partial charge in [-0.05, 0) is 55.3 Å². The Morgan fingerprint density at radius 2 is 1.88 bits per heavy atom. The Bertz CT molecular complexity index is 1040. The predicted octanol–water partition coefficient (Wildman–Crippen LogP) is 5.30. The molecule has 0 bridgehead atoms. The van der Waals surface area contributed by atoms with E-state index in [1.54, 1.807) is 23.9 Å². The second-order valence-corrected chi connectivity index (χ2v) is 6.78. The fourth-order valence-electron chi connectivity index (χ4n) is 2.70. The number of aromatic nitrogens is 1. The third-order valence-corrected chi connectivity index (χ3v) is 4.91. The van der Waals surface area contributed by atoms with Crippen LogP contribution in [0.1, 0.15) is 16.9 Å². The summed E-state index contributed by atoms with van der Waals surface area (Å²) >= 11 is 1.60. The van der Waals surface area contributed by atoms with Crippen LogP contribution in [-0.4, -0.2) is 4.57 Å². The quantitative estimate of drug-likeness (QED) is 0.501. The molecule has 5 heteroatoms. The first-order valence-electron chi connectivity index (χ1n) is 8.07. The normalized spacial score (nSPS) is 12.0. The van der Waals surface area contributed by atoms with E-state index >= 15 is 0 Å². The maximum Gasteiger partial charge on any atom is 0.190 e. The van der Waals surface area contributed by atoms with Gasteiger partial charge >= 0.3 is 0 Å². The van der Waals surface area contributed by atoms with Gasteiger partial charge in [0.15, 0.2) is 10.6 Å². The Morgan fingerprint density at radius 1 is 1.04 bits per heavy atom. The first kappa shape index (κ1) is 15.7. The molecule has 126 valence electrons. The topological polar surface area (TPSA) is 43.6 Å². The molecule has 3 heterocycles. The fourth-order valence-corrected chi connectivity index (χ4v) is 3.60. The van der Waals surface area contributed by atoms with Gasteiger partial charge in [-0.1, -0.05) is 12.1 Å². The molecular weight excluding hydrogens is 332 g/mol. The summed E-state index contributed by atoms with van der Waals surface area (Å²) in [7, 11) is 0. The SMILES string of the molecule is Cc1ccc(C)c(N=c2scc(-c3ccco3)n2Cc2ccco2)c1. The number of hydrogen-bond donors (Lipinski definition) is 0. The number of hydrogen-bond acceptors (Lipinski definition) is 4. The standard InChI is InChI=1S/C20H18N2O2S/c1-14-7-8-15(2)17(11-14)21-20-22(12-16-5-3-9-23-16)18(13-25-20)19-6-4-10-24-19/h3-11,13H,12H2,1-2H3. The van der Waals surface area contributed by atoms with Gasteiger partial charge in [0.05, 0.1) is 30.5 Å². The maximum absolute atomic E-state index is 5.60. The van der Waals surface area contributed by atoms with E-state index in [1.807, 2.05) is 24.3 Å². The Kier molecular flexibility index (Phi) is 4.15.